The lowest BCUT2D eigenvalue weighted by molar-refractivity contribution is 0.354. The number of benzene rings is 1. The quantitative estimate of drug-likeness (QED) is 0.787. The minimum Gasteiger partial charge on any atom is -0.493 e. The second kappa shape index (κ2) is 4.84. The zero-order valence-corrected chi connectivity index (χ0v) is 11.6. The van der Waals surface area contributed by atoms with Gasteiger partial charge in [0.2, 0.25) is 0 Å². The number of ether oxygens (including phenoxy) is 2. The van der Waals surface area contributed by atoms with Crippen LogP contribution in [0, 0.1) is 5.92 Å². The van der Waals surface area contributed by atoms with Gasteiger partial charge in [-0.1, -0.05) is 33.6 Å². The molecule has 0 aliphatic heterocycles. The minimum atomic E-state index is 0.562. The van der Waals surface area contributed by atoms with Crippen LogP contribution in [0.3, 0.4) is 0 Å². The van der Waals surface area contributed by atoms with Crippen molar-refractivity contribution in [3.8, 4) is 11.5 Å². The molecule has 0 radical (unpaired) electrons. The van der Waals surface area contributed by atoms with E-state index in [2.05, 4.69) is 15.9 Å². The van der Waals surface area contributed by atoms with Crippen molar-refractivity contribution < 1.29 is 9.47 Å². The maximum absolute atomic E-state index is 6.33. The van der Waals surface area contributed by atoms with Crippen LogP contribution in [0.1, 0.15) is 17.9 Å². The first-order valence-electron chi connectivity index (χ1n) is 5.19. The molecular weight excluding hydrogens is 291 g/mol. The molecule has 0 saturated heterocycles. The molecule has 2 unspecified atom stereocenters. The second-order valence-electron chi connectivity index (χ2n) is 3.96. The van der Waals surface area contributed by atoms with Crippen molar-refractivity contribution in [2.45, 2.75) is 12.3 Å². The maximum atomic E-state index is 6.33. The lowest BCUT2D eigenvalue weighted by Crippen LogP contribution is -1.95. The van der Waals surface area contributed by atoms with E-state index in [1.54, 1.807) is 14.2 Å². The van der Waals surface area contributed by atoms with Gasteiger partial charge < -0.3 is 9.47 Å². The molecule has 0 spiro atoms. The Balaban J connectivity index is 2.34. The van der Waals surface area contributed by atoms with Crippen molar-refractivity contribution in [1.82, 2.24) is 0 Å². The summed E-state index contributed by atoms with van der Waals surface area (Å²) in [5.41, 5.74) is 1.17. The van der Waals surface area contributed by atoms with Gasteiger partial charge in [0.1, 0.15) is 0 Å². The monoisotopic (exact) mass is 304 g/mol. The molecule has 1 aromatic carbocycles. The van der Waals surface area contributed by atoms with Crippen LogP contribution < -0.4 is 9.47 Å². The summed E-state index contributed by atoms with van der Waals surface area (Å²) in [5, 5.41) is 1.72. The van der Waals surface area contributed by atoms with Gasteiger partial charge in [-0.2, -0.15) is 0 Å². The minimum absolute atomic E-state index is 0.562. The van der Waals surface area contributed by atoms with Crippen LogP contribution in [0.5, 0.6) is 11.5 Å². The summed E-state index contributed by atoms with van der Waals surface area (Å²) < 4.78 is 10.5. The van der Waals surface area contributed by atoms with E-state index in [1.807, 2.05) is 12.1 Å². The Morgan fingerprint density at radius 2 is 2.12 bits per heavy atom. The first-order valence-corrected chi connectivity index (χ1v) is 6.69. The van der Waals surface area contributed by atoms with Crippen LogP contribution in [0.15, 0.2) is 12.1 Å². The van der Waals surface area contributed by atoms with Gasteiger partial charge in [0.15, 0.2) is 11.5 Å². The van der Waals surface area contributed by atoms with Crippen LogP contribution in [-0.4, -0.2) is 19.5 Å². The Morgan fingerprint density at radius 3 is 2.62 bits per heavy atom. The highest BCUT2D eigenvalue weighted by Gasteiger charge is 2.39. The fourth-order valence-corrected chi connectivity index (χ4v) is 3.08. The fraction of sp³-hybridized carbons (Fsp3) is 0.500. The molecule has 1 aromatic rings. The Morgan fingerprint density at radius 1 is 1.38 bits per heavy atom. The van der Waals surface area contributed by atoms with E-state index in [-0.39, 0.29) is 0 Å². The fourth-order valence-electron chi connectivity index (χ4n) is 1.99. The molecule has 2 nitrogen and oxygen atoms in total. The first kappa shape index (κ1) is 12.1. The molecule has 88 valence electrons. The molecule has 4 heteroatoms. The Kier molecular flexibility index (Phi) is 3.65. The number of halogens is 2. The van der Waals surface area contributed by atoms with E-state index < -0.39 is 0 Å². The molecule has 0 aromatic heterocycles. The smallest absolute Gasteiger partial charge is 0.179 e. The molecular formula is C12H14BrClO2. The molecule has 2 rings (SSSR count). The second-order valence-corrected chi connectivity index (χ2v) is 4.99. The summed E-state index contributed by atoms with van der Waals surface area (Å²) in [6, 6.07) is 3.96. The van der Waals surface area contributed by atoms with E-state index in [4.69, 9.17) is 21.1 Å². The predicted molar refractivity (Wildman–Crippen MR) is 69.2 cm³/mol. The number of rotatable bonds is 4. The largest absolute Gasteiger partial charge is 0.493 e. The summed E-state index contributed by atoms with van der Waals surface area (Å²) in [7, 11) is 3.23. The molecule has 0 heterocycles. The van der Waals surface area contributed by atoms with Crippen LogP contribution in [0.25, 0.3) is 0 Å². The summed E-state index contributed by atoms with van der Waals surface area (Å²) >= 11 is 9.83. The van der Waals surface area contributed by atoms with Crippen LogP contribution >= 0.6 is 27.5 Å². The van der Waals surface area contributed by atoms with E-state index in [0.717, 1.165) is 5.33 Å². The van der Waals surface area contributed by atoms with Gasteiger partial charge in [-0.25, -0.2) is 0 Å². The number of methoxy groups -OCH3 is 2. The molecule has 0 bridgehead atoms. The third-order valence-electron chi connectivity index (χ3n) is 3.04. The van der Waals surface area contributed by atoms with Gasteiger partial charge in [0.05, 0.1) is 19.2 Å². The molecule has 1 aliphatic rings. The molecule has 16 heavy (non-hydrogen) atoms. The van der Waals surface area contributed by atoms with E-state index in [9.17, 15) is 0 Å². The highest BCUT2D eigenvalue weighted by atomic mass is 79.9. The SMILES string of the molecule is COc1ccc(C2CC2CBr)c(Cl)c1OC. The van der Waals surface area contributed by atoms with Gasteiger partial charge in [-0.3, -0.25) is 0 Å². The van der Waals surface area contributed by atoms with Gasteiger partial charge in [0, 0.05) is 5.33 Å². The van der Waals surface area contributed by atoms with Gasteiger partial charge in [-0.15, -0.1) is 0 Å². The van der Waals surface area contributed by atoms with Crippen molar-refractivity contribution in [2.24, 2.45) is 5.92 Å². The Bertz CT molecular complexity index is 395. The highest BCUT2D eigenvalue weighted by molar-refractivity contribution is 9.09. The third-order valence-corrected chi connectivity index (χ3v) is 4.26. The van der Waals surface area contributed by atoms with Gasteiger partial charge >= 0.3 is 0 Å². The first-order chi connectivity index (χ1) is 7.72. The van der Waals surface area contributed by atoms with Crippen molar-refractivity contribution >= 4 is 27.5 Å². The zero-order chi connectivity index (χ0) is 11.7. The number of hydrogen-bond acceptors (Lipinski definition) is 2. The van der Waals surface area contributed by atoms with Crippen LogP contribution in [0.2, 0.25) is 5.02 Å². The Hall–Kier alpha value is -0.410. The zero-order valence-electron chi connectivity index (χ0n) is 9.30. The topological polar surface area (TPSA) is 18.5 Å². The standard InChI is InChI=1S/C12H14BrClO2/c1-15-10-4-3-8(9-5-7(9)6-13)11(14)12(10)16-2/h3-4,7,9H,5-6H2,1-2H3. The third kappa shape index (κ3) is 2.03. The number of hydrogen-bond donors (Lipinski definition) is 0. The molecule has 1 aliphatic carbocycles. The van der Waals surface area contributed by atoms with Crippen molar-refractivity contribution in [3.63, 3.8) is 0 Å². The Labute approximate surface area is 109 Å². The van der Waals surface area contributed by atoms with E-state index in [1.165, 1.54) is 12.0 Å². The molecule has 1 fully saturated rings. The average molecular weight is 306 g/mol. The molecule has 0 N–H and O–H groups in total. The number of alkyl halides is 1. The predicted octanol–water partition coefficient (Wildman–Crippen LogP) is 3.86. The molecule has 2 atom stereocenters. The lowest BCUT2D eigenvalue weighted by atomic mass is 10.1. The van der Waals surface area contributed by atoms with Crippen LogP contribution in [0.4, 0.5) is 0 Å². The summed E-state index contributed by atoms with van der Waals surface area (Å²) in [4.78, 5) is 0. The van der Waals surface area contributed by atoms with Crippen LogP contribution in [-0.2, 0) is 0 Å². The molecule has 1 saturated carbocycles. The van der Waals surface area contributed by atoms with Gasteiger partial charge in [-0.05, 0) is 29.9 Å². The van der Waals surface area contributed by atoms with Gasteiger partial charge in [0.25, 0.3) is 0 Å². The lowest BCUT2D eigenvalue weighted by Gasteiger charge is -2.12. The van der Waals surface area contributed by atoms with Crippen molar-refractivity contribution in [2.75, 3.05) is 19.5 Å². The average Bonchev–Trinajstić information content (AvgIpc) is 3.07. The summed E-state index contributed by atoms with van der Waals surface area (Å²) in [6.07, 6.45) is 1.19. The van der Waals surface area contributed by atoms with E-state index in [0.29, 0.717) is 28.4 Å². The maximum Gasteiger partial charge on any atom is 0.179 e. The molecule has 0 amide bonds. The van der Waals surface area contributed by atoms with E-state index >= 15 is 0 Å². The van der Waals surface area contributed by atoms with Crippen molar-refractivity contribution in [1.29, 1.82) is 0 Å². The summed E-state index contributed by atoms with van der Waals surface area (Å²) in [5.74, 6) is 2.59. The normalized spacial score (nSPS) is 23.0. The van der Waals surface area contributed by atoms with Crippen molar-refractivity contribution in [3.05, 3.63) is 22.7 Å². The summed E-state index contributed by atoms with van der Waals surface area (Å²) in [6.45, 7) is 0. The highest BCUT2D eigenvalue weighted by Crippen LogP contribution is 2.53.